The van der Waals surface area contributed by atoms with Gasteiger partial charge in [0.2, 0.25) is 11.4 Å². The third-order valence-electron chi connectivity index (χ3n) is 4.18. The van der Waals surface area contributed by atoms with Gasteiger partial charge >= 0.3 is 45.5 Å². The van der Waals surface area contributed by atoms with Crippen LogP contribution in [0.2, 0.25) is 0 Å². The van der Waals surface area contributed by atoms with Crippen molar-refractivity contribution in [2.24, 2.45) is 10.2 Å². The fourth-order valence-electron chi connectivity index (χ4n) is 2.80. The van der Waals surface area contributed by atoms with Crippen LogP contribution in [0.15, 0.2) is 22.4 Å². The number of nitro benzene ring substituents is 8. The summed E-state index contributed by atoms with van der Waals surface area (Å²) in [4.78, 5) is 77.3. The maximum atomic E-state index is 11.5. The molecule has 0 aliphatic rings. The van der Waals surface area contributed by atoms with Crippen LogP contribution in [0.5, 0.6) is 0 Å². The van der Waals surface area contributed by atoms with Crippen LogP contribution in [-0.4, -0.2) is 39.4 Å². The van der Waals surface area contributed by atoms with Crippen molar-refractivity contribution in [3.63, 3.8) is 0 Å². The summed E-state index contributed by atoms with van der Waals surface area (Å²) in [6, 6.07) is -0.332. The molecule has 26 heteroatoms. The molecule has 0 N–H and O–H groups in total. The summed E-state index contributed by atoms with van der Waals surface area (Å²) < 4.78 is 0. The van der Waals surface area contributed by atoms with E-state index in [1.165, 1.54) is 0 Å². The summed E-state index contributed by atoms with van der Waals surface area (Å²) in [5, 5.41) is 96.3. The Labute approximate surface area is 200 Å². The van der Waals surface area contributed by atoms with Crippen LogP contribution < -0.4 is 0 Å². The van der Waals surface area contributed by atoms with E-state index in [1.807, 2.05) is 0 Å². The Morgan fingerprint density at radius 2 is 0.605 bits per heavy atom. The highest BCUT2D eigenvalue weighted by atomic mass is 16.7. The van der Waals surface area contributed by atoms with E-state index in [4.69, 9.17) is 0 Å². The van der Waals surface area contributed by atoms with Crippen molar-refractivity contribution in [2.45, 2.75) is 0 Å². The van der Waals surface area contributed by atoms with Crippen molar-refractivity contribution in [2.75, 3.05) is 0 Å². The number of hydrogen-bond donors (Lipinski definition) is 0. The first-order chi connectivity index (χ1) is 17.5. The van der Waals surface area contributed by atoms with E-state index in [1.54, 1.807) is 0 Å². The molecule has 0 aliphatic carbocycles. The number of rotatable bonds is 10. The zero-order valence-corrected chi connectivity index (χ0v) is 17.2. The van der Waals surface area contributed by atoms with Crippen LogP contribution in [0.3, 0.4) is 0 Å². The first-order valence-corrected chi connectivity index (χ1v) is 8.51. The summed E-state index contributed by atoms with van der Waals surface area (Å²) >= 11 is 0. The van der Waals surface area contributed by atoms with E-state index in [0.29, 0.717) is 0 Å². The predicted octanol–water partition coefficient (Wildman–Crippen LogP) is 3.37. The second kappa shape index (κ2) is 9.85. The summed E-state index contributed by atoms with van der Waals surface area (Å²) in [7, 11) is 0. The number of nitrogens with zero attached hydrogens (tertiary/aromatic N) is 10. The van der Waals surface area contributed by atoms with E-state index in [2.05, 4.69) is 10.2 Å². The summed E-state index contributed by atoms with van der Waals surface area (Å²) in [6.45, 7) is 0. The zero-order chi connectivity index (χ0) is 29.2. The number of azo groups is 1. The monoisotopic (exact) mass is 542 g/mol. The van der Waals surface area contributed by atoms with Crippen molar-refractivity contribution < 1.29 is 39.4 Å². The molecule has 0 aromatic heterocycles. The van der Waals surface area contributed by atoms with Gasteiger partial charge < -0.3 is 0 Å². The van der Waals surface area contributed by atoms with Gasteiger partial charge in [-0.3, -0.25) is 80.9 Å². The van der Waals surface area contributed by atoms with E-state index < -0.39 is 96.3 Å². The molecule has 0 heterocycles. The SMILES string of the molecule is O=[N+]([O-])c1cc([N+](=O)[O-])c([N+](=O)[O-])c([N+](=O)[O-])c1N=Nc1c([N+](=O)[O-])cc([N+](=O)[O-])c([N+](=O)[O-])c1[N+](=O)[O-]. The van der Waals surface area contributed by atoms with Gasteiger partial charge in [-0.25, -0.2) is 0 Å². The molecule has 26 nitrogen and oxygen atoms in total. The molecular formula is C12H2N10O16. The maximum Gasteiger partial charge on any atom is 0.425 e. The molecule has 38 heavy (non-hydrogen) atoms. The Morgan fingerprint density at radius 1 is 0.368 bits per heavy atom. The van der Waals surface area contributed by atoms with Gasteiger partial charge in [-0.15, -0.1) is 10.2 Å². The Kier molecular flexibility index (Phi) is 7.12. The van der Waals surface area contributed by atoms with Crippen LogP contribution in [-0.2, 0) is 0 Å². The molecule has 0 unspecified atom stereocenters. The molecule has 196 valence electrons. The van der Waals surface area contributed by atoms with Crippen LogP contribution >= 0.6 is 0 Å². The third kappa shape index (κ3) is 4.73. The van der Waals surface area contributed by atoms with Crippen molar-refractivity contribution in [1.82, 2.24) is 0 Å². The van der Waals surface area contributed by atoms with E-state index in [0.717, 1.165) is 0 Å². The Balaban J connectivity index is 3.19. The van der Waals surface area contributed by atoms with Crippen molar-refractivity contribution in [3.8, 4) is 0 Å². The first kappa shape index (κ1) is 27.5. The lowest BCUT2D eigenvalue weighted by atomic mass is 10.1. The van der Waals surface area contributed by atoms with Gasteiger partial charge in [0.1, 0.15) is 12.1 Å². The molecule has 0 fully saturated rings. The molecular weight excluding hydrogens is 540 g/mol. The highest BCUT2D eigenvalue weighted by Crippen LogP contribution is 2.52. The lowest BCUT2D eigenvalue weighted by molar-refractivity contribution is -0.442. The van der Waals surface area contributed by atoms with Crippen LogP contribution in [0, 0.1) is 80.9 Å². The van der Waals surface area contributed by atoms with Gasteiger partial charge in [0.25, 0.3) is 0 Å². The van der Waals surface area contributed by atoms with Gasteiger partial charge in [-0.2, -0.15) is 0 Å². The minimum Gasteiger partial charge on any atom is -0.258 e. The summed E-state index contributed by atoms with van der Waals surface area (Å²) in [5.74, 6) is 0. The minimum atomic E-state index is -2.05. The van der Waals surface area contributed by atoms with Gasteiger partial charge in [0.05, 0.1) is 39.4 Å². The molecule has 0 aliphatic heterocycles. The molecule has 0 radical (unpaired) electrons. The topological polar surface area (TPSA) is 370 Å². The van der Waals surface area contributed by atoms with Crippen molar-refractivity contribution in [1.29, 1.82) is 0 Å². The van der Waals surface area contributed by atoms with Gasteiger partial charge in [0, 0.05) is 0 Å². The van der Waals surface area contributed by atoms with E-state index in [9.17, 15) is 80.9 Å². The molecule has 2 rings (SSSR count). The average molecular weight is 542 g/mol. The molecule has 0 atom stereocenters. The minimum absolute atomic E-state index is 0.166. The first-order valence-electron chi connectivity index (χ1n) is 8.51. The van der Waals surface area contributed by atoms with Crippen LogP contribution in [0.25, 0.3) is 0 Å². The fraction of sp³-hybridized carbons (Fsp3) is 0. The summed E-state index contributed by atoms with van der Waals surface area (Å²) in [6.07, 6.45) is 0. The Hall–Kier alpha value is -6.76. The molecule has 2 aromatic rings. The Bertz CT molecular complexity index is 1430. The van der Waals surface area contributed by atoms with E-state index >= 15 is 0 Å². The smallest absolute Gasteiger partial charge is 0.258 e. The normalized spacial score (nSPS) is 10.6. The molecule has 0 saturated carbocycles. The summed E-state index contributed by atoms with van der Waals surface area (Å²) in [5.41, 5.74) is -18.6. The van der Waals surface area contributed by atoms with E-state index in [-0.39, 0.29) is 12.1 Å². The highest BCUT2D eigenvalue weighted by Gasteiger charge is 2.47. The molecule has 0 spiro atoms. The maximum absolute atomic E-state index is 11.5. The number of nitro groups is 8. The largest absolute Gasteiger partial charge is 0.425 e. The molecule has 0 amide bonds. The highest BCUT2D eigenvalue weighted by molar-refractivity contribution is 5.86. The average Bonchev–Trinajstić information content (AvgIpc) is 2.79. The van der Waals surface area contributed by atoms with Crippen molar-refractivity contribution in [3.05, 3.63) is 93.0 Å². The van der Waals surface area contributed by atoms with Crippen molar-refractivity contribution >= 4 is 56.9 Å². The van der Waals surface area contributed by atoms with Gasteiger partial charge in [-0.1, -0.05) is 0 Å². The van der Waals surface area contributed by atoms with Gasteiger partial charge in [0.15, 0.2) is 0 Å². The molecule has 0 bridgehead atoms. The lowest BCUT2D eigenvalue weighted by Gasteiger charge is -2.03. The fourth-order valence-corrected chi connectivity index (χ4v) is 2.80. The zero-order valence-electron chi connectivity index (χ0n) is 17.2. The third-order valence-corrected chi connectivity index (χ3v) is 4.18. The van der Waals surface area contributed by atoms with Crippen LogP contribution in [0.4, 0.5) is 56.9 Å². The lowest BCUT2D eigenvalue weighted by Crippen LogP contribution is -2.04. The standard InChI is InChI=1S/C12H2N10O16/c23-15(24)3-1-5(17(27)28)9(19(31)32)11(21(35)36)7(3)13-14-8-4(16(25)26)2-6(18(29)30)10(20(33)34)12(8)22(37)38/h1-2H. The van der Waals surface area contributed by atoms with Crippen LogP contribution in [0.1, 0.15) is 0 Å². The molecule has 0 saturated heterocycles. The number of benzene rings is 2. The Morgan fingerprint density at radius 3 is 0.789 bits per heavy atom. The number of hydrogen-bond acceptors (Lipinski definition) is 18. The molecule has 2 aromatic carbocycles. The predicted molar refractivity (Wildman–Crippen MR) is 110 cm³/mol. The van der Waals surface area contributed by atoms with Gasteiger partial charge in [-0.05, 0) is 0 Å². The quantitative estimate of drug-likeness (QED) is 0.236. The second-order valence-corrected chi connectivity index (χ2v) is 6.18. The second-order valence-electron chi connectivity index (χ2n) is 6.18.